The van der Waals surface area contributed by atoms with E-state index in [2.05, 4.69) is 23.8 Å². The van der Waals surface area contributed by atoms with Gasteiger partial charge in [-0.15, -0.1) is 6.58 Å². The SMILES string of the molecule is C=CCC(NC)c1cnccc1C. The zero-order chi connectivity index (χ0) is 9.68. The summed E-state index contributed by atoms with van der Waals surface area (Å²) in [5.41, 5.74) is 2.53. The predicted octanol–water partition coefficient (Wildman–Crippen LogP) is 2.23. The van der Waals surface area contributed by atoms with E-state index in [9.17, 15) is 0 Å². The van der Waals surface area contributed by atoms with E-state index in [0.717, 1.165) is 6.42 Å². The van der Waals surface area contributed by atoms with Gasteiger partial charge in [-0.25, -0.2) is 0 Å². The first-order valence-corrected chi connectivity index (χ1v) is 4.48. The highest BCUT2D eigenvalue weighted by Crippen LogP contribution is 2.18. The molecule has 1 unspecified atom stereocenters. The van der Waals surface area contributed by atoms with Gasteiger partial charge in [0.1, 0.15) is 0 Å². The zero-order valence-electron chi connectivity index (χ0n) is 8.25. The molecule has 0 radical (unpaired) electrons. The molecule has 1 rings (SSSR count). The molecule has 1 aromatic rings. The monoisotopic (exact) mass is 176 g/mol. The lowest BCUT2D eigenvalue weighted by atomic mass is 10.0. The van der Waals surface area contributed by atoms with Crippen molar-refractivity contribution < 1.29 is 0 Å². The highest BCUT2D eigenvalue weighted by atomic mass is 14.9. The third kappa shape index (κ3) is 2.39. The Hall–Kier alpha value is -1.15. The van der Waals surface area contributed by atoms with Crippen LogP contribution >= 0.6 is 0 Å². The van der Waals surface area contributed by atoms with Gasteiger partial charge in [-0.05, 0) is 37.6 Å². The zero-order valence-corrected chi connectivity index (χ0v) is 8.25. The molecular weight excluding hydrogens is 160 g/mol. The van der Waals surface area contributed by atoms with Crippen LogP contribution in [-0.4, -0.2) is 12.0 Å². The molecule has 2 nitrogen and oxygen atoms in total. The number of hydrogen-bond donors (Lipinski definition) is 1. The second-order valence-corrected chi connectivity index (χ2v) is 3.10. The molecule has 1 N–H and O–H groups in total. The summed E-state index contributed by atoms with van der Waals surface area (Å²) in [5, 5.41) is 3.25. The molecule has 2 heteroatoms. The van der Waals surface area contributed by atoms with Crippen LogP contribution in [0.1, 0.15) is 23.6 Å². The third-order valence-electron chi connectivity index (χ3n) is 2.21. The fourth-order valence-corrected chi connectivity index (χ4v) is 1.41. The molecule has 70 valence electrons. The van der Waals surface area contributed by atoms with Crippen molar-refractivity contribution in [2.24, 2.45) is 0 Å². The Bertz CT molecular complexity index is 281. The Morgan fingerprint density at radius 1 is 1.69 bits per heavy atom. The van der Waals surface area contributed by atoms with Crippen molar-refractivity contribution in [3.05, 3.63) is 42.2 Å². The molecule has 0 aromatic carbocycles. The molecule has 13 heavy (non-hydrogen) atoms. The van der Waals surface area contributed by atoms with Crippen molar-refractivity contribution in [2.75, 3.05) is 7.05 Å². The van der Waals surface area contributed by atoms with Gasteiger partial charge in [-0.2, -0.15) is 0 Å². The lowest BCUT2D eigenvalue weighted by Gasteiger charge is -2.16. The molecule has 0 aliphatic rings. The molecule has 1 aromatic heterocycles. The van der Waals surface area contributed by atoms with Gasteiger partial charge >= 0.3 is 0 Å². The molecule has 0 saturated carbocycles. The van der Waals surface area contributed by atoms with Gasteiger partial charge in [0.15, 0.2) is 0 Å². The number of hydrogen-bond acceptors (Lipinski definition) is 2. The summed E-state index contributed by atoms with van der Waals surface area (Å²) in [6.45, 7) is 5.84. The van der Waals surface area contributed by atoms with Crippen molar-refractivity contribution in [3.63, 3.8) is 0 Å². The summed E-state index contributed by atoms with van der Waals surface area (Å²) >= 11 is 0. The standard InChI is InChI=1S/C11H16N2/c1-4-5-11(12-3)10-8-13-7-6-9(10)2/h4,6-8,11-12H,1,5H2,2-3H3. The van der Waals surface area contributed by atoms with Crippen LogP contribution in [0.5, 0.6) is 0 Å². The molecule has 1 atom stereocenters. The fraction of sp³-hybridized carbons (Fsp3) is 0.364. The first-order chi connectivity index (χ1) is 6.29. The summed E-state index contributed by atoms with van der Waals surface area (Å²) in [6.07, 6.45) is 6.59. The summed E-state index contributed by atoms with van der Waals surface area (Å²) in [7, 11) is 1.96. The van der Waals surface area contributed by atoms with Crippen molar-refractivity contribution >= 4 is 0 Å². The second kappa shape index (κ2) is 4.77. The third-order valence-corrected chi connectivity index (χ3v) is 2.21. The van der Waals surface area contributed by atoms with Crippen LogP contribution in [0, 0.1) is 6.92 Å². The van der Waals surface area contributed by atoms with E-state index in [-0.39, 0.29) is 0 Å². The van der Waals surface area contributed by atoms with Crippen LogP contribution in [0.3, 0.4) is 0 Å². The largest absolute Gasteiger partial charge is 0.313 e. The lowest BCUT2D eigenvalue weighted by molar-refractivity contribution is 0.598. The fourth-order valence-electron chi connectivity index (χ4n) is 1.41. The molecule has 0 spiro atoms. The van der Waals surface area contributed by atoms with Crippen LogP contribution in [0.4, 0.5) is 0 Å². The summed E-state index contributed by atoms with van der Waals surface area (Å²) in [5.74, 6) is 0. The minimum Gasteiger partial charge on any atom is -0.313 e. The van der Waals surface area contributed by atoms with Gasteiger partial charge in [0.05, 0.1) is 0 Å². The molecule has 0 aliphatic heterocycles. The molecule has 0 bridgehead atoms. The van der Waals surface area contributed by atoms with E-state index in [4.69, 9.17) is 0 Å². The smallest absolute Gasteiger partial charge is 0.0370 e. The van der Waals surface area contributed by atoms with Gasteiger partial charge in [0.2, 0.25) is 0 Å². The maximum atomic E-state index is 4.12. The summed E-state index contributed by atoms with van der Waals surface area (Å²) < 4.78 is 0. The van der Waals surface area contributed by atoms with Crippen LogP contribution in [0.15, 0.2) is 31.1 Å². The van der Waals surface area contributed by atoms with Crippen LogP contribution in [-0.2, 0) is 0 Å². The molecule has 0 saturated heterocycles. The number of pyridine rings is 1. The van der Waals surface area contributed by atoms with Crippen molar-refractivity contribution in [1.29, 1.82) is 0 Å². The number of rotatable bonds is 4. The molecule has 1 heterocycles. The minimum atomic E-state index is 0.339. The van der Waals surface area contributed by atoms with E-state index in [1.54, 1.807) is 0 Å². The Balaban J connectivity index is 2.90. The van der Waals surface area contributed by atoms with Gasteiger partial charge in [-0.3, -0.25) is 4.98 Å². The van der Waals surface area contributed by atoms with Crippen LogP contribution in [0.2, 0.25) is 0 Å². The Morgan fingerprint density at radius 3 is 3.00 bits per heavy atom. The van der Waals surface area contributed by atoms with E-state index in [0.29, 0.717) is 6.04 Å². The Morgan fingerprint density at radius 2 is 2.46 bits per heavy atom. The summed E-state index contributed by atoms with van der Waals surface area (Å²) in [4.78, 5) is 4.12. The molecule has 0 aliphatic carbocycles. The van der Waals surface area contributed by atoms with Gasteiger partial charge < -0.3 is 5.32 Å². The average molecular weight is 176 g/mol. The minimum absolute atomic E-state index is 0.339. The Labute approximate surface area is 79.7 Å². The number of nitrogens with zero attached hydrogens (tertiary/aromatic N) is 1. The van der Waals surface area contributed by atoms with Gasteiger partial charge in [0.25, 0.3) is 0 Å². The second-order valence-electron chi connectivity index (χ2n) is 3.10. The normalized spacial score (nSPS) is 12.5. The van der Waals surface area contributed by atoms with E-state index >= 15 is 0 Å². The highest BCUT2D eigenvalue weighted by Gasteiger charge is 2.08. The van der Waals surface area contributed by atoms with Crippen LogP contribution < -0.4 is 5.32 Å². The maximum Gasteiger partial charge on any atom is 0.0370 e. The van der Waals surface area contributed by atoms with Gasteiger partial charge in [0, 0.05) is 18.4 Å². The quantitative estimate of drug-likeness (QED) is 0.711. The van der Waals surface area contributed by atoms with E-state index < -0.39 is 0 Å². The summed E-state index contributed by atoms with van der Waals surface area (Å²) in [6, 6.07) is 2.37. The lowest BCUT2D eigenvalue weighted by Crippen LogP contribution is -2.16. The first kappa shape index (κ1) is 9.93. The van der Waals surface area contributed by atoms with Gasteiger partial charge in [-0.1, -0.05) is 6.08 Å². The topological polar surface area (TPSA) is 24.9 Å². The van der Waals surface area contributed by atoms with Crippen molar-refractivity contribution in [1.82, 2.24) is 10.3 Å². The maximum absolute atomic E-state index is 4.12. The first-order valence-electron chi connectivity index (χ1n) is 4.48. The van der Waals surface area contributed by atoms with E-state index in [1.807, 2.05) is 31.6 Å². The van der Waals surface area contributed by atoms with Crippen molar-refractivity contribution in [3.8, 4) is 0 Å². The average Bonchev–Trinajstić information content (AvgIpc) is 2.16. The van der Waals surface area contributed by atoms with Crippen LogP contribution in [0.25, 0.3) is 0 Å². The highest BCUT2D eigenvalue weighted by molar-refractivity contribution is 5.25. The molecule has 0 fully saturated rings. The molecule has 0 amide bonds. The van der Waals surface area contributed by atoms with Crippen molar-refractivity contribution in [2.45, 2.75) is 19.4 Å². The number of nitrogens with one attached hydrogen (secondary N) is 1. The molecular formula is C11H16N2. The number of aromatic nitrogens is 1. The predicted molar refractivity (Wildman–Crippen MR) is 55.6 cm³/mol. The van der Waals surface area contributed by atoms with E-state index in [1.165, 1.54) is 11.1 Å². The Kier molecular flexibility index (Phi) is 3.65. The number of aryl methyl sites for hydroxylation is 1.